The molecular formula is C18H19N3O2S2. The van der Waals surface area contributed by atoms with Crippen molar-refractivity contribution in [1.29, 1.82) is 0 Å². The molecule has 0 fully saturated rings. The normalized spacial score (nSPS) is 11.5. The van der Waals surface area contributed by atoms with Crippen LogP contribution in [0.1, 0.15) is 17.0 Å². The average molecular weight is 374 g/mol. The Morgan fingerprint density at radius 2 is 1.80 bits per heavy atom. The van der Waals surface area contributed by atoms with Crippen LogP contribution in [0.4, 0.5) is 0 Å². The Morgan fingerprint density at radius 3 is 2.56 bits per heavy atom. The van der Waals surface area contributed by atoms with Crippen molar-refractivity contribution < 1.29 is 8.42 Å². The van der Waals surface area contributed by atoms with E-state index in [9.17, 15) is 8.42 Å². The quantitative estimate of drug-likeness (QED) is 0.658. The second kappa shape index (κ2) is 8.33. The van der Waals surface area contributed by atoms with E-state index in [1.54, 1.807) is 12.4 Å². The van der Waals surface area contributed by atoms with Crippen molar-refractivity contribution >= 4 is 21.4 Å². The van der Waals surface area contributed by atoms with Crippen molar-refractivity contribution in [1.82, 2.24) is 14.7 Å². The largest absolute Gasteiger partial charge is 0.265 e. The summed E-state index contributed by atoms with van der Waals surface area (Å²) in [7, 11) is -3.30. The van der Waals surface area contributed by atoms with E-state index in [4.69, 9.17) is 0 Å². The Bertz CT molecular complexity index is 894. The summed E-state index contributed by atoms with van der Waals surface area (Å²) < 4.78 is 26.9. The number of aromatic nitrogens is 2. The molecule has 0 saturated heterocycles. The minimum absolute atomic E-state index is 0.116. The maximum absolute atomic E-state index is 12.1. The summed E-state index contributed by atoms with van der Waals surface area (Å²) in [6.45, 7) is 0.226. The van der Waals surface area contributed by atoms with E-state index in [1.807, 2.05) is 47.8 Å². The summed E-state index contributed by atoms with van der Waals surface area (Å²) in [6, 6.07) is 13.7. The molecule has 7 heteroatoms. The molecule has 1 aromatic carbocycles. The molecule has 0 atom stereocenters. The van der Waals surface area contributed by atoms with Gasteiger partial charge < -0.3 is 0 Å². The van der Waals surface area contributed by atoms with Crippen LogP contribution in [0.3, 0.4) is 0 Å². The highest BCUT2D eigenvalue weighted by Gasteiger charge is 2.12. The molecule has 1 N–H and O–H groups in total. The van der Waals surface area contributed by atoms with Gasteiger partial charge in [-0.25, -0.2) is 18.1 Å². The fraction of sp³-hybridized carbons (Fsp3) is 0.222. The smallest absolute Gasteiger partial charge is 0.211 e. The summed E-state index contributed by atoms with van der Waals surface area (Å²) in [6.07, 6.45) is 4.78. The summed E-state index contributed by atoms with van der Waals surface area (Å²) in [5.74, 6) is 0.116. The topological polar surface area (TPSA) is 72.0 Å². The predicted molar refractivity (Wildman–Crippen MR) is 101 cm³/mol. The van der Waals surface area contributed by atoms with Gasteiger partial charge in [0.25, 0.3) is 0 Å². The van der Waals surface area contributed by atoms with Gasteiger partial charge in [-0.15, -0.1) is 11.3 Å². The van der Waals surface area contributed by atoms with Crippen LogP contribution in [0, 0.1) is 0 Å². The Kier molecular flexibility index (Phi) is 5.91. The summed E-state index contributed by atoms with van der Waals surface area (Å²) in [5, 5.41) is 2.67. The van der Waals surface area contributed by atoms with Crippen LogP contribution in [-0.2, 0) is 23.0 Å². The third-order valence-electron chi connectivity index (χ3n) is 3.69. The zero-order chi connectivity index (χ0) is 17.5. The SMILES string of the molecule is O=S(=O)(CCCc1ccccc1)NCc1nc(-c2ccncc2)cs1. The first-order valence-electron chi connectivity index (χ1n) is 7.98. The molecule has 25 heavy (non-hydrogen) atoms. The van der Waals surface area contributed by atoms with Gasteiger partial charge in [0.05, 0.1) is 18.0 Å². The lowest BCUT2D eigenvalue weighted by atomic mass is 10.1. The van der Waals surface area contributed by atoms with Crippen molar-refractivity contribution in [2.45, 2.75) is 19.4 Å². The number of nitrogens with zero attached hydrogens (tertiary/aromatic N) is 2. The molecule has 2 heterocycles. The van der Waals surface area contributed by atoms with Gasteiger partial charge in [0.2, 0.25) is 10.0 Å². The number of nitrogens with one attached hydrogen (secondary N) is 1. The number of pyridine rings is 1. The summed E-state index contributed by atoms with van der Waals surface area (Å²) in [4.78, 5) is 8.46. The lowest BCUT2D eigenvalue weighted by Crippen LogP contribution is -2.26. The van der Waals surface area contributed by atoms with Gasteiger partial charge in [-0.05, 0) is 30.5 Å². The van der Waals surface area contributed by atoms with E-state index in [-0.39, 0.29) is 12.3 Å². The Labute approximate surface area is 151 Å². The molecule has 0 spiro atoms. The van der Waals surface area contributed by atoms with Crippen LogP contribution in [0.15, 0.2) is 60.2 Å². The minimum Gasteiger partial charge on any atom is -0.265 e. The second-order valence-electron chi connectivity index (χ2n) is 5.59. The van der Waals surface area contributed by atoms with E-state index in [0.717, 1.165) is 28.2 Å². The van der Waals surface area contributed by atoms with Gasteiger partial charge in [-0.2, -0.15) is 0 Å². The number of sulfonamides is 1. The first-order chi connectivity index (χ1) is 12.1. The minimum atomic E-state index is -3.30. The van der Waals surface area contributed by atoms with E-state index in [0.29, 0.717) is 6.42 Å². The van der Waals surface area contributed by atoms with Crippen LogP contribution in [-0.4, -0.2) is 24.1 Å². The molecule has 0 unspecified atom stereocenters. The highest BCUT2D eigenvalue weighted by atomic mass is 32.2. The van der Waals surface area contributed by atoms with Crippen molar-refractivity contribution in [3.8, 4) is 11.3 Å². The van der Waals surface area contributed by atoms with Crippen molar-refractivity contribution in [2.75, 3.05) is 5.75 Å². The van der Waals surface area contributed by atoms with Crippen molar-refractivity contribution in [3.05, 3.63) is 70.8 Å². The van der Waals surface area contributed by atoms with Crippen molar-refractivity contribution in [3.63, 3.8) is 0 Å². The number of rotatable bonds is 8. The molecule has 0 bridgehead atoms. The fourth-order valence-electron chi connectivity index (χ4n) is 2.40. The average Bonchev–Trinajstić information content (AvgIpc) is 3.11. The number of aryl methyl sites for hydroxylation is 1. The number of hydrogen-bond acceptors (Lipinski definition) is 5. The van der Waals surface area contributed by atoms with Gasteiger partial charge in [-0.1, -0.05) is 30.3 Å². The molecule has 3 rings (SSSR count). The molecule has 0 aliphatic rings. The number of thiazole rings is 1. The highest BCUT2D eigenvalue weighted by molar-refractivity contribution is 7.89. The molecule has 5 nitrogen and oxygen atoms in total. The standard InChI is InChI=1S/C18H19N3O2S2/c22-25(23,12-4-7-15-5-2-1-3-6-15)20-13-18-21-17(14-24-18)16-8-10-19-11-9-16/h1-3,5-6,8-11,14,20H,4,7,12-13H2. The summed E-state index contributed by atoms with van der Waals surface area (Å²) >= 11 is 1.45. The van der Waals surface area contributed by atoms with Crippen LogP contribution in [0.5, 0.6) is 0 Å². The van der Waals surface area contributed by atoms with Crippen LogP contribution >= 0.6 is 11.3 Å². The third kappa shape index (κ3) is 5.45. The lowest BCUT2D eigenvalue weighted by molar-refractivity contribution is 0.578. The van der Waals surface area contributed by atoms with E-state index in [2.05, 4.69) is 14.7 Å². The molecule has 0 aliphatic heterocycles. The maximum atomic E-state index is 12.1. The van der Waals surface area contributed by atoms with Crippen LogP contribution in [0.25, 0.3) is 11.3 Å². The highest BCUT2D eigenvalue weighted by Crippen LogP contribution is 2.21. The zero-order valence-electron chi connectivity index (χ0n) is 13.6. The first kappa shape index (κ1) is 17.7. The van der Waals surface area contributed by atoms with E-state index >= 15 is 0 Å². The van der Waals surface area contributed by atoms with Gasteiger partial charge in [0, 0.05) is 23.3 Å². The van der Waals surface area contributed by atoms with Gasteiger partial charge in [0.15, 0.2) is 0 Å². The van der Waals surface area contributed by atoms with E-state index in [1.165, 1.54) is 11.3 Å². The first-order valence-corrected chi connectivity index (χ1v) is 10.5. The number of benzene rings is 1. The number of hydrogen-bond donors (Lipinski definition) is 1. The lowest BCUT2D eigenvalue weighted by Gasteiger charge is -2.05. The second-order valence-corrected chi connectivity index (χ2v) is 8.46. The van der Waals surface area contributed by atoms with Gasteiger partial charge >= 0.3 is 0 Å². The van der Waals surface area contributed by atoms with Gasteiger partial charge in [0.1, 0.15) is 5.01 Å². The third-order valence-corrected chi connectivity index (χ3v) is 5.95. The van der Waals surface area contributed by atoms with Gasteiger partial charge in [-0.3, -0.25) is 4.98 Å². The van der Waals surface area contributed by atoms with Crippen molar-refractivity contribution in [2.24, 2.45) is 0 Å². The molecule has 130 valence electrons. The molecule has 0 aliphatic carbocycles. The molecule has 0 amide bonds. The molecule has 3 aromatic rings. The Morgan fingerprint density at radius 1 is 1.04 bits per heavy atom. The fourth-order valence-corrected chi connectivity index (χ4v) is 4.26. The zero-order valence-corrected chi connectivity index (χ0v) is 15.3. The molecular weight excluding hydrogens is 354 g/mol. The molecule has 0 saturated carbocycles. The molecule has 0 radical (unpaired) electrons. The maximum Gasteiger partial charge on any atom is 0.211 e. The monoisotopic (exact) mass is 373 g/mol. The van der Waals surface area contributed by atoms with Crippen LogP contribution in [0.2, 0.25) is 0 Å². The Hall–Kier alpha value is -2.09. The van der Waals surface area contributed by atoms with Crippen LogP contribution < -0.4 is 4.72 Å². The summed E-state index contributed by atoms with van der Waals surface area (Å²) in [5.41, 5.74) is 2.97. The predicted octanol–water partition coefficient (Wildman–Crippen LogP) is 3.26. The molecule has 2 aromatic heterocycles. The van der Waals surface area contributed by atoms with E-state index < -0.39 is 10.0 Å². The Balaban J connectivity index is 1.50.